The average molecular weight is 243 g/mol. The fourth-order valence-corrected chi connectivity index (χ4v) is 3.04. The number of thioether (sulfide) groups is 1. The molecular formula is C11H15ClN2S. The maximum Gasteiger partial charge on any atom is 0.130 e. The standard InChI is InChI=1S/C11H15ClN2S/c1-14-7-5-9(6-8-14)15-11-4-2-3-10(12)13-11/h2-4,9H,5-8H2,1H3. The van der Waals surface area contributed by atoms with Gasteiger partial charge < -0.3 is 4.90 Å². The van der Waals surface area contributed by atoms with E-state index in [4.69, 9.17) is 11.6 Å². The van der Waals surface area contributed by atoms with Crippen molar-refractivity contribution in [3.8, 4) is 0 Å². The van der Waals surface area contributed by atoms with E-state index in [0.717, 1.165) is 5.03 Å². The second kappa shape index (κ2) is 5.19. The molecule has 2 rings (SSSR count). The van der Waals surface area contributed by atoms with Crippen molar-refractivity contribution in [1.29, 1.82) is 0 Å². The molecule has 1 saturated heterocycles. The van der Waals surface area contributed by atoms with Crippen LogP contribution in [0, 0.1) is 0 Å². The van der Waals surface area contributed by atoms with Gasteiger partial charge in [0.2, 0.25) is 0 Å². The summed E-state index contributed by atoms with van der Waals surface area (Å²) in [7, 11) is 2.18. The van der Waals surface area contributed by atoms with Crippen LogP contribution in [0.4, 0.5) is 0 Å². The summed E-state index contributed by atoms with van der Waals surface area (Å²) in [5, 5.41) is 2.34. The van der Waals surface area contributed by atoms with Gasteiger partial charge in [-0.05, 0) is 45.1 Å². The highest BCUT2D eigenvalue weighted by Crippen LogP contribution is 2.29. The first-order chi connectivity index (χ1) is 7.24. The van der Waals surface area contributed by atoms with Gasteiger partial charge in [-0.2, -0.15) is 0 Å². The lowest BCUT2D eigenvalue weighted by Gasteiger charge is -2.28. The largest absolute Gasteiger partial charge is 0.306 e. The molecule has 0 unspecified atom stereocenters. The van der Waals surface area contributed by atoms with E-state index in [1.807, 2.05) is 30.0 Å². The number of aromatic nitrogens is 1. The third-order valence-corrected chi connectivity index (χ3v) is 4.13. The fourth-order valence-electron chi connectivity index (χ4n) is 1.73. The van der Waals surface area contributed by atoms with Gasteiger partial charge in [0.25, 0.3) is 0 Å². The number of rotatable bonds is 2. The van der Waals surface area contributed by atoms with Gasteiger partial charge >= 0.3 is 0 Å². The molecule has 1 aromatic rings. The molecule has 1 aliphatic rings. The van der Waals surface area contributed by atoms with Crippen LogP contribution in [0.25, 0.3) is 0 Å². The Balaban J connectivity index is 1.92. The number of pyridine rings is 1. The van der Waals surface area contributed by atoms with Gasteiger partial charge in [0.1, 0.15) is 5.15 Å². The molecule has 0 amide bonds. The zero-order valence-corrected chi connectivity index (χ0v) is 10.4. The van der Waals surface area contributed by atoms with Gasteiger partial charge in [-0.25, -0.2) is 4.98 Å². The summed E-state index contributed by atoms with van der Waals surface area (Å²) in [5.41, 5.74) is 0. The Hall–Kier alpha value is -0.250. The van der Waals surface area contributed by atoms with Crippen molar-refractivity contribution >= 4 is 23.4 Å². The van der Waals surface area contributed by atoms with Crippen LogP contribution in [0.15, 0.2) is 23.2 Å². The second-order valence-corrected chi connectivity index (χ2v) is 5.63. The summed E-state index contributed by atoms with van der Waals surface area (Å²) in [4.78, 5) is 6.68. The van der Waals surface area contributed by atoms with Crippen molar-refractivity contribution in [3.63, 3.8) is 0 Å². The molecule has 0 bridgehead atoms. The SMILES string of the molecule is CN1CCC(Sc2cccc(Cl)n2)CC1. The molecule has 15 heavy (non-hydrogen) atoms. The van der Waals surface area contributed by atoms with Crippen molar-refractivity contribution in [2.45, 2.75) is 23.1 Å². The topological polar surface area (TPSA) is 16.1 Å². The molecule has 1 aromatic heterocycles. The Morgan fingerprint density at radius 3 is 2.80 bits per heavy atom. The van der Waals surface area contributed by atoms with Gasteiger partial charge in [-0.15, -0.1) is 11.8 Å². The lowest BCUT2D eigenvalue weighted by molar-refractivity contribution is 0.282. The monoisotopic (exact) mass is 242 g/mol. The minimum Gasteiger partial charge on any atom is -0.306 e. The van der Waals surface area contributed by atoms with E-state index in [0.29, 0.717) is 10.4 Å². The summed E-state index contributed by atoms with van der Waals surface area (Å²) in [6, 6.07) is 5.82. The van der Waals surface area contributed by atoms with Crippen molar-refractivity contribution in [2.24, 2.45) is 0 Å². The summed E-state index contributed by atoms with van der Waals surface area (Å²) in [6.45, 7) is 2.39. The van der Waals surface area contributed by atoms with Gasteiger partial charge in [0.05, 0.1) is 5.03 Å². The van der Waals surface area contributed by atoms with Crippen LogP contribution < -0.4 is 0 Å². The van der Waals surface area contributed by atoms with E-state index < -0.39 is 0 Å². The zero-order chi connectivity index (χ0) is 10.7. The maximum absolute atomic E-state index is 5.85. The molecule has 4 heteroatoms. The molecule has 0 spiro atoms. The van der Waals surface area contributed by atoms with Crippen molar-refractivity contribution in [2.75, 3.05) is 20.1 Å². The molecule has 2 heterocycles. The molecule has 1 aliphatic heterocycles. The lowest BCUT2D eigenvalue weighted by atomic mass is 10.1. The molecule has 0 radical (unpaired) electrons. The summed E-state index contributed by atoms with van der Waals surface area (Å²) in [6.07, 6.45) is 2.49. The Morgan fingerprint density at radius 1 is 1.40 bits per heavy atom. The smallest absolute Gasteiger partial charge is 0.130 e. The molecule has 2 nitrogen and oxygen atoms in total. The number of piperidine rings is 1. The molecule has 1 fully saturated rings. The second-order valence-electron chi connectivity index (χ2n) is 3.92. The first-order valence-electron chi connectivity index (χ1n) is 5.22. The summed E-state index contributed by atoms with van der Waals surface area (Å²) >= 11 is 7.71. The average Bonchev–Trinajstić information content (AvgIpc) is 2.22. The Labute approximate surface area is 100 Å². The first-order valence-corrected chi connectivity index (χ1v) is 6.47. The maximum atomic E-state index is 5.85. The van der Waals surface area contributed by atoms with E-state index in [1.54, 1.807) is 0 Å². The number of halogens is 1. The van der Waals surface area contributed by atoms with Crippen LogP contribution in [-0.4, -0.2) is 35.3 Å². The Kier molecular flexibility index (Phi) is 3.89. The molecule has 0 saturated carbocycles. The van der Waals surface area contributed by atoms with Gasteiger partial charge in [0, 0.05) is 5.25 Å². The highest BCUT2D eigenvalue weighted by molar-refractivity contribution is 7.99. The zero-order valence-electron chi connectivity index (χ0n) is 8.82. The highest BCUT2D eigenvalue weighted by atomic mass is 35.5. The third-order valence-electron chi connectivity index (χ3n) is 2.64. The van der Waals surface area contributed by atoms with Crippen LogP contribution >= 0.6 is 23.4 Å². The first kappa shape index (κ1) is 11.2. The normalized spacial score (nSPS) is 19.3. The van der Waals surface area contributed by atoms with E-state index in [2.05, 4.69) is 16.9 Å². The van der Waals surface area contributed by atoms with Gasteiger partial charge in [0.15, 0.2) is 0 Å². The van der Waals surface area contributed by atoms with Crippen LogP contribution in [-0.2, 0) is 0 Å². The Bertz CT molecular complexity index is 324. The van der Waals surface area contributed by atoms with Crippen LogP contribution in [0.5, 0.6) is 0 Å². The third kappa shape index (κ3) is 3.37. The van der Waals surface area contributed by atoms with Crippen LogP contribution in [0.3, 0.4) is 0 Å². The van der Waals surface area contributed by atoms with E-state index in [9.17, 15) is 0 Å². The summed E-state index contributed by atoms with van der Waals surface area (Å²) in [5.74, 6) is 0. The highest BCUT2D eigenvalue weighted by Gasteiger charge is 2.17. The summed E-state index contributed by atoms with van der Waals surface area (Å²) < 4.78 is 0. The number of hydrogen-bond acceptors (Lipinski definition) is 3. The molecule has 0 aliphatic carbocycles. The number of nitrogens with zero attached hydrogens (tertiary/aromatic N) is 2. The number of likely N-dealkylation sites (tertiary alicyclic amines) is 1. The molecular weight excluding hydrogens is 228 g/mol. The number of hydrogen-bond donors (Lipinski definition) is 0. The van der Waals surface area contributed by atoms with Crippen LogP contribution in [0.1, 0.15) is 12.8 Å². The van der Waals surface area contributed by atoms with Crippen molar-refractivity contribution in [3.05, 3.63) is 23.4 Å². The van der Waals surface area contributed by atoms with Crippen molar-refractivity contribution in [1.82, 2.24) is 9.88 Å². The molecule has 0 aromatic carbocycles. The molecule has 0 atom stereocenters. The fraction of sp³-hybridized carbons (Fsp3) is 0.545. The van der Waals surface area contributed by atoms with E-state index in [-0.39, 0.29) is 0 Å². The molecule has 82 valence electrons. The minimum atomic E-state index is 0.591. The van der Waals surface area contributed by atoms with Gasteiger partial charge in [-0.1, -0.05) is 17.7 Å². The Morgan fingerprint density at radius 2 is 2.13 bits per heavy atom. The lowest BCUT2D eigenvalue weighted by Crippen LogP contribution is -2.31. The molecule has 0 N–H and O–H groups in total. The minimum absolute atomic E-state index is 0.591. The van der Waals surface area contributed by atoms with Crippen molar-refractivity contribution < 1.29 is 0 Å². The predicted octanol–water partition coefficient (Wildman–Crippen LogP) is 2.92. The predicted molar refractivity (Wildman–Crippen MR) is 65.6 cm³/mol. The quantitative estimate of drug-likeness (QED) is 0.742. The van der Waals surface area contributed by atoms with Gasteiger partial charge in [-0.3, -0.25) is 0 Å². The van der Waals surface area contributed by atoms with E-state index >= 15 is 0 Å². The van der Waals surface area contributed by atoms with Crippen LogP contribution in [0.2, 0.25) is 5.15 Å². The van der Waals surface area contributed by atoms with E-state index in [1.165, 1.54) is 25.9 Å².